The van der Waals surface area contributed by atoms with Gasteiger partial charge < -0.3 is 5.11 Å². The van der Waals surface area contributed by atoms with E-state index in [9.17, 15) is 4.79 Å². The van der Waals surface area contributed by atoms with Crippen LogP contribution in [0, 0.1) is 11.3 Å². The zero-order chi connectivity index (χ0) is 7.98. The molecule has 0 bridgehead atoms. The van der Waals surface area contributed by atoms with Crippen LogP contribution < -0.4 is 0 Å². The van der Waals surface area contributed by atoms with E-state index in [2.05, 4.69) is 0 Å². The molecule has 0 saturated carbocycles. The summed E-state index contributed by atoms with van der Waals surface area (Å²) in [6.45, 7) is 1.60. The van der Waals surface area contributed by atoms with E-state index in [-0.39, 0.29) is 0 Å². The number of rotatable bonds is 2. The summed E-state index contributed by atoms with van der Waals surface area (Å²) in [6, 6.07) is 1.86. The zero-order valence-electron chi connectivity index (χ0n) is 5.53. The van der Waals surface area contributed by atoms with Crippen LogP contribution >= 0.6 is 0 Å². The Kier molecular flexibility index (Phi) is 3.66. The molecule has 0 amide bonds. The molecule has 10 heavy (non-hydrogen) atoms. The molecule has 0 aliphatic carbocycles. The average molecular weight is 137 g/mol. The average Bonchev–Trinajstić information content (AvgIpc) is 1.87. The summed E-state index contributed by atoms with van der Waals surface area (Å²) in [6.07, 6.45) is 3.73. The molecule has 0 unspecified atom stereocenters. The quantitative estimate of drug-likeness (QED) is 0.352. The fourth-order valence-electron chi connectivity index (χ4n) is 0.312. The van der Waals surface area contributed by atoms with Gasteiger partial charge in [-0.05, 0) is 13.0 Å². The normalized spacial score (nSPS) is 11.4. The first kappa shape index (κ1) is 8.44. The summed E-state index contributed by atoms with van der Waals surface area (Å²) in [5, 5.41) is 16.3. The molecule has 0 saturated heterocycles. The van der Waals surface area contributed by atoms with E-state index in [1.165, 1.54) is 12.2 Å². The molecule has 0 fully saturated rings. The van der Waals surface area contributed by atoms with Crippen LogP contribution in [0.5, 0.6) is 0 Å². The molecule has 0 aromatic heterocycles. The van der Waals surface area contributed by atoms with Gasteiger partial charge in [0, 0.05) is 11.6 Å². The van der Waals surface area contributed by atoms with Gasteiger partial charge in [-0.25, -0.2) is 4.79 Å². The number of carboxylic acid groups (broad SMARTS) is 1. The van der Waals surface area contributed by atoms with Crippen molar-refractivity contribution in [2.24, 2.45) is 0 Å². The Bertz CT molecular complexity index is 220. The van der Waals surface area contributed by atoms with Crippen LogP contribution in [-0.2, 0) is 4.79 Å². The van der Waals surface area contributed by atoms with E-state index in [1.54, 1.807) is 6.92 Å². The highest BCUT2D eigenvalue weighted by molar-refractivity contribution is 5.80. The predicted octanol–water partition coefficient (Wildman–Crippen LogP) is 1.10. The topological polar surface area (TPSA) is 61.1 Å². The van der Waals surface area contributed by atoms with Crippen LogP contribution in [0.4, 0.5) is 0 Å². The maximum absolute atomic E-state index is 9.87. The van der Waals surface area contributed by atoms with Crippen molar-refractivity contribution in [1.29, 1.82) is 5.26 Å². The maximum atomic E-state index is 9.87. The number of aliphatic carboxylic acids is 1. The summed E-state index contributed by atoms with van der Waals surface area (Å²) < 4.78 is 0. The lowest BCUT2D eigenvalue weighted by Crippen LogP contribution is -1.84. The Hall–Kier alpha value is -1.56. The summed E-state index contributed by atoms with van der Waals surface area (Å²) in [5.74, 6) is -1.01. The molecule has 52 valence electrons. The standard InChI is InChI=1S/C7H7NO2/c1-6(5-8)3-2-4-7(9)10/h2-4H,1H3,(H,9,10). The fourth-order valence-corrected chi connectivity index (χ4v) is 0.312. The Morgan fingerprint density at radius 1 is 1.70 bits per heavy atom. The lowest BCUT2D eigenvalue weighted by Gasteiger charge is -1.77. The predicted molar refractivity (Wildman–Crippen MR) is 36.1 cm³/mol. The summed E-state index contributed by atoms with van der Waals surface area (Å²) in [7, 11) is 0. The number of hydrogen-bond acceptors (Lipinski definition) is 2. The molecular formula is C7H7NO2. The van der Waals surface area contributed by atoms with E-state index >= 15 is 0 Å². The molecule has 0 heterocycles. The van der Waals surface area contributed by atoms with Crippen LogP contribution in [0.2, 0.25) is 0 Å². The lowest BCUT2D eigenvalue weighted by molar-refractivity contribution is -0.131. The van der Waals surface area contributed by atoms with Gasteiger partial charge in [-0.3, -0.25) is 0 Å². The van der Waals surface area contributed by atoms with E-state index in [1.807, 2.05) is 6.07 Å². The lowest BCUT2D eigenvalue weighted by atomic mass is 10.3. The Morgan fingerprint density at radius 2 is 2.30 bits per heavy atom. The van der Waals surface area contributed by atoms with Gasteiger partial charge in [0.05, 0.1) is 6.07 Å². The first-order valence-electron chi connectivity index (χ1n) is 2.65. The number of nitrogens with zero attached hydrogens (tertiary/aromatic N) is 1. The van der Waals surface area contributed by atoms with Crippen molar-refractivity contribution in [3.63, 3.8) is 0 Å². The number of carbonyl (C=O) groups is 1. The van der Waals surface area contributed by atoms with E-state index in [4.69, 9.17) is 10.4 Å². The summed E-state index contributed by atoms with van der Waals surface area (Å²) >= 11 is 0. The van der Waals surface area contributed by atoms with Crippen molar-refractivity contribution in [2.45, 2.75) is 6.92 Å². The number of allylic oxidation sites excluding steroid dienone is 3. The Labute approximate surface area is 58.9 Å². The third kappa shape index (κ3) is 4.60. The van der Waals surface area contributed by atoms with Crippen LogP contribution in [-0.4, -0.2) is 11.1 Å². The minimum Gasteiger partial charge on any atom is -0.478 e. The molecule has 3 nitrogen and oxygen atoms in total. The second kappa shape index (κ2) is 4.33. The third-order valence-electron chi connectivity index (χ3n) is 0.761. The Balaban J connectivity index is 3.98. The van der Waals surface area contributed by atoms with Gasteiger partial charge in [0.25, 0.3) is 0 Å². The van der Waals surface area contributed by atoms with Gasteiger partial charge in [0.1, 0.15) is 0 Å². The van der Waals surface area contributed by atoms with Gasteiger partial charge in [0.2, 0.25) is 0 Å². The van der Waals surface area contributed by atoms with Gasteiger partial charge in [-0.15, -0.1) is 0 Å². The van der Waals surface area contributed by atoms with E-state index in [0.29, 0.717) is 5.57 Å². The number of nitriles is 1. The van der Waals surface area contributed by atoms with E-state index < -0.39 is 5.97 Å². The molecule has 3 heteroatoms. The maximum Gasteiger partial charge on any atom is 0.328 e. The molecule has 0 spiro atoms. The van der Waals surface area contributed by atoms with Crippen LogP contribution in [0.15, 0.2) is 23.8 Å². The molecule has 0 rings (SSSR count). The minimum atomic E-state index is -1.01. The third-order valence-corrected chi connectivity index (χ3v) is 0.761. The van der Waals surface area contributed by atoms with Crippen molar-refractivity contribution >= 4 is 5.97 Å². The molecule has 0 aromatic carbocycles. The first-order valence-corrected chi connectivity index (χ1v) is 2.65. The zero-order valence-corrected chi connectivity index (χ0v) is 5.53. The minimum absolute atomic E-state index is 0.484. The van der Waals surface area contributed by atoms with Gasteiger partial charge >= 0.3 is 5.97 Å². The van der Waals surface area contributed by atoms with Gasteiger partial charge in [-0.2, -0.15) is 5.26 Å². The molecule has 0 atom stereocenters. The van der Waals surface area contributed by atoms with Gasteiger partial charge in [-0.1, -0.05) is 6.08 Å². The molecule has 0 aromatic rings. The number of hydrogen-bond donors (Lipinski definition) is 1. The summed E-state index contributed by atoms with van der Waals surface area (Å²) in [5.41, 5.74) is 0.484. The van der Waals surface area contributed by atoms with Crippen LogP contribution in [0.3, 0.4) is 0 Å². The first-order chi connectivity index (χ1) is 4.66. The second-order valence-corrected chi connectivity index (χ2v) is 1.66. The number of carboxylic acids is 1. The monoisotopic (exact) mass is 137 g/mol. The Morgan fingerprint density at radius 3 is 2.70 bits per heavy atom. The molecule has 0 aliphatic rings. The van der Waals surface area contributed by atoms with Crippen LogP contribution in [0.1, 0.15) is 6.92 Å². The highest BCUT2D eigenvalue weighted by atomic mass is 16.4. The van der Waals surface area contributed by atoms with E-state index in [0.717, 1.165) is 6.08 Å². The van der Waals surface area contributed by atoms with Gasteiger partial charge in [0.15, 0.2) is 0 Å². The van der Waals surface area contributed by atoms with Crippen molar-refractivity contribution in [3.8, 4) is 6.07 Å². The molecular weight excluding hydrogens is 130 g/mol. The van der Waals surface area contributed by atoms with Crippen LogP contribution in [0.25, 0.3) is 0 Å². The molecule has 1 N–H and O–H groups in total. The second-order valence-electron chi connectivity index (χ2n) is 1.66. The SMILES string of the molecule is CC(C#N)=CC=CC(=O)O. The highest BCUT2D eigenvalue weighted by Gasteiger charge is 1.82. The van der Waals surface area contributed by atoms with Crippen molar-refractivity contribution < 1.29 is 9.90 Å². The smallest absolute Gasteiger partial charge is 0.328 e. The highest BCUT2D eigenvalue weighted by Crippen LogP contribution is 1.88. The molecule has 0 aliphatic heterocycles. The van der Waals surface area contributed by atoms with Crippen molar-refractivity contribution in [2.75, 3.05) is 0 Å². The van der Waals surface area contributed by atoms with Crippen molar-refractivity contribution in [3.05, 3.63) is 23.8 Å². The fraction of sp³-hybridized carbons (Fsp3) is 0.143. The molecule has 0 radical (unpaired) electrons. The summed E-state index contributed by atoms with van der Waals surface area (Å²) in [4.78, 5) is 9.87. The van der Waals surface area contributed by atoms with Crippen molar-refractivity contribution in [1.82, 2.24) is 0 Å². The largest absolute Gasteiger partial charge is 0.478 e.